The van der Waals surface area contributed by atoms with Gasteiger partial charge in [-0.15, -0.1) is 11.8 Å². The summed E-state index contributed by atoms with van der Waals surface area (Å²) in [7, 11) is 0. The average Bonchev–Trinajstić information content (AvgIpc) is 2.88. The maximum atomic E-state index is 12.5. The van der Waals surface area contributed by atoms with Crippen LogP contribution in [0.3, 0.4) is 0 Å². The summed E-state index contributed by atoms with van der Waals surface area (Å²) in [6.45, 7) is 3.29. The SMILES string of the molecule is CC1(C)SC([C@H](NC(=O)[C@H](C(=O)O)c2ccccc2)C(=O)O)N[C@@H]1C(=O)O. The number of carboxylic acids is 3. The van der Waals surface area contributed by atoms with Crippen molar-refractivity contribution in [1.82, 2.24) is 10.6 Å². The van der Waals surface area contributed by atoms with Gasteiger partial charge in [0.15, 0.2) is 12.0 Å². The number of carbonyl (C=O) groups excluding carboxylic acids is 1. The van der Waals surface area contributed by atoms with Crippen LogP contribution in [0.25, 0.3) is 0 Å². The van der Waals surface area contributed by atoms with Crippen LogP contribution in [-0.4, -0.2) is 61.3 Å². The second kappa shape index (κ2) is 7.97. The third-order valence-electron chi connectivity index (χ3n) is 4.21. The summed E-state index contributed by atoms with van der Waals surface area (Å²) in [4.78, 5) is 47.1. The molecule has 1 aliphatic rings. The van der Waals surface area contributed by atoms with Crippen molar-refractivity contribution >= 4 is 35.6 Å². The van der Waals surface area contributed by atoms with Gasteiger partial charge >= 0.3 is 17.9 Å². The molecule has 1 unspecified atom stereocenters. The van der Waals surface area contributed by atoms with E-state index in [9.17, 15) is 34.5 Å². The van der Waals surface area contributed by atoms with Crippen LogP contribution in [0.1, 0.15) is 25.3 Å². The Labute approximate surface area is 159 Å². The molecule has 0 spiro atoms. The van der Waals surface area contributed by atoms with E-state index in [4.69, 9.17) is 0 Å². The Kier molecular flexibility index (Phi) is 6.11. The summed E-state index contributed by atoms with van der Waals surface area (Å²) in [5.41, 5.74) is 0.211. The van der Waals surface area contributed by atoms with Crippen molar-refractivity contribution in [3.05, 3.63) is 35.9 Å². The van der Waals surface area contributed by atoms with E-state index in [0.29, 0.717) is 0 Å². The first kappa shape index (κ1) is 20.7. The topological polar surface area (TPSA) is 153 Å². The first-order valence-electron chi connectivity index (χ1n) is 8.02. The lowest BCUT2D eigenvalue weighted by Gasteiger charge is -2.23. The highest BCUT2D eigenvalue weighted by molar-refractivity contribution is 8.01. The third-order valence-corrected chi connectivity index (χ3v) is 5.72. The number of rotatable bonds is 7. The monoisotopic (exact) mass is 396 g/mol. The molecule has 4 atom stereocenters. The van der Waals surface area contributed by atoms with Gasteiger partial charge in [0.1, 0.15) is 6.04 Å². The number of thioether (sulfide) groups is 1. The van der Waals surface area contributed by atoms with Crippen molar-refractivity contribution in [2.45, 2.75) is 42.0 Å². The van der Waals surface area contributed by atoms with Crippen molar-refractivity contribution < 1.29 is 34.5 Å². The Morgan fingerprint density at radius 3 is 2.11 bits per heavy atom. The molecule has 0 bridgehead atoms. The van der Waals surface area contributed by atoms with E-state index in [0.717, 1.165) is 11.8 Å². The van der Waals surface area contributed by atoms with Crippen molar-refractivity contribution in [1.29, 1.82) is 0 Å². The molecule has 5 N–H and O–H groups in total. The minimum absolute atomic E-state index is 0.211. The Morgan fingerprint density at radius 1 is 1.07 bits per heavy atom. The van der Waals surface area contributed by atoms with Crippen LogP contribution in [0.2, 0.25) is 0 Å². The molecule has 1 saturated heterocycles. The lowest BCUT2D eigenvalue weighted by atomic mass is 9.98. The van der Waals surface area contributed by atoms with Gasteiger partial charge < -0.3 is 20.6 Å². The van der Waals surface area contributed by atoms with Crippen LogP contribution in [-0.2, 0) is 19.2 Å². The molecule has 1 heterocycles. The van der Waals surface area contributed by atoms with Crippen molar-refractivity contribution in [3.63, 3.8) is 0 Å². The molecule has 9 nitrogen and oxygen atoms in total. The van der Waals surface area contributed by atoms with Gasteiger partial charge in [-0.1, -0.05) is 30.3 Å². The molecule has 0 aromatic heterocycles. The Balaban J connectivity index is 2.23. The van der Waals surface area contributed by atoms with Crippen LogP contribution < -0.4 is 10.6 Å². The molecule has 1 aromatic carbocycles. The third kappa shape index (κ3) is 4.58. The molecule has 146 valence electrons. The maximum Gasteiger partial charge on any atom is 0.328 e. The Hall–Kier alpha value is -2.59. The Bertz CT molecular complexity index is 753. The summed E-state index contributed by atoms with van der Waals surface area (Å²) in [5.74, 6) is -6.52. The summed E-state index contributed by atoms with van der Waals surface area (Å²) in [6.07, 6.45) is 0. The summed E-state index contributed by atoms with van der Waals surface area (Å²) in [6, 6.07) is 5.20. The second-order valence-corrected chi connectivity index (χ2v) is 8.38. The van der Waals surface area contributed by atoms with E-state index < -0.39 is 51.9 Å². The molecule has 1 fully saturated rings. The minimum atomic E-state index is -1.58. The van der Waals surface area contributed by atoms with Gasteiger partial charge in [0, 0.05) is 4.75 Å². The van der Waals surface area contributed by atoms with Gasteiger partial charge in [0.05, 0.1) is 5.37 Å². The molecule has 27 heavy (non-hydrogen) atoms. The van der Waals surface area contributed by atoms with Crippen molar-refractivity contribution in [2.24, 2.45) is 0 Å². The zero-order valence-corrected chi connectivity index (χ0v) is 15.4. The zero-order valence-electron chi connectivity index (χ0n) is 14.6. The van der Waals surface area contributed by atoms with Crippen molar-refractivity contribution in [3.8, 4) is 0 Å². The van der Waals surface area contributed by atoms with Crippen molar-refractivity contribution in [2.75, 3.05) is 0 Å². The molecule has 0 saturated carbocycles. The summed E-state index contributed by atoms with van der Waals surface area (Å²) in [5, 5.41) is 32.2. The quantitative estimate of drug-likeness (QED) is 0.410. The Morgan fingerprint density at radius 2 is 1.67 bits per heavy atom. The fourth-order valence-electron chi connectivity index (χ4n) is 2.88. The minimum Gasteiger partial charge on any atom is -0.480 e. The number of aliphatic carboxylic acids is 3. The van der Waals surface area contributed by atoms with Gasteiger partial charge in [0.25, 0.3) is 0 Å². The summed E-state index contributed by atoms with van der Waals surface area (Å²) >= 11 is 1.06. The number of nitrogens with one attached hydrogen (secondary N) is 2. The fourth-order valence-corrected chi connectivity index (χ4v) is 4.37. The molecule has 10 heteroatoms. The molecule has 1 aliphatic heterocycles. The molecular weight excluding hydrogens is 376 g/mol. The largest absolute Gasteiger partial charge is 0.480 e. The van der Waals surface area contributed by atoms with Gasteiger partial charge in [0.2, 0.25) is 5.91 Å². The van der Waals surface area contributed by atoms with E-state index >= 15 is 0 Å². The van der Waals surface area contributed by atoms with Crippen LogP contribution in [0.15, 0.2) is 30.3 Å². The molecule has 2 rings (SSSR count). The van der Waals surface area contributed by atoms with Crippen LogP contribution in [0.5, 0.6) is 0 Å². The van der Waals surface area contributed by atoms with Gasteiger partial charge in [-0.3, -0.25) is 19.7 Å². The van der Waals surface area contributed by atoms with E-state index in [1.165, 1.54) is 12.1 Å². The molecule has 1 amide bonds. The number of carboxylic acid groups (broad SMARTS) is 3. The standard InChI is InChI=1S/C17H20N2O7S/c1-17(2)11(16(25)26)19-13(27-17)10(15(23)24)18-12(20)9(14(21)22)8-6-4-3-5-7-8/h3-7,9-11,13,19H,1-2H3,(H,18,20)(H,21,22)(H,23,24)(H,25,26)/t9-,10+,11-,13?/m1/s1. The number of hydrogen-bond donors (Lipinski definition) is 5. The number of hydrogen-bond acceptors (Lipinski definition) is 6. The average molecular weight is 396 g/mol. The normalized spacial score (nSPS) is 23.2. The number of amides is 1. The van der Waals surface area contributed by atoms with E-state index in [2.05, 4.69) is 10.6 Å². The van der Waals surface area contributed by atoms with E-state index in [1.807, 2.05) is 0 Å². The predicted molar refractivity (Wildman–Crippen MR) is 96.4 cm³/mol. The van der Waals surface area contributed by atoms with Crippen LogP contribution in [0, 0.1) is 0 Å². The highest BCUT2D eigenvalue weighted by atomic mass is 32.2. The zero-order chi connectivity index (χ0) is 20.4. The molecule has 1 aromatic rings. The fraction of sp³-hybridized carbons (Fsp3) is 0.412. The number of carbonyl (C=O) groups is 4. The lowest BCUT2D eigenvalue weighted by molar-refractivity contribution is -0.147. The van der Waals surface area contributed by atoms with Crippen LogP contribution >= 0.6 is 11.8 Å². The van der Waals surface area contributed by atoms with E-state index in [1.54, 1.807) is 32.0 Å². The highest BCUT2D eigenvalue weighted by Gasteiger charge is 2.49. The molecule has 0 aliphatic carbocycles. The van der Waals surface area contributed by atoms with Gasteiger partial charge in [-0.05, 0) is 19.4 Å². The van der Waals surface area contributed by atoms with Gasteiger partial charge in [-0.2, -0.15) is 0 Å². The highest BCUT2D eigenvalue weighted by Crippen LogP contribution is 2.39. The van der Waals surface area contributed by atoms with Crippen LogP contribution in [0.4, 0.5) is 0 Å². The predicted octanol–water partition coefficient (Wildman–Crippen LogP) is 0.319. The first-order valence-corrected chi connectivity index (χ1v) is 8.90. The second-order valence-electron chi connectivity index (χ2n) is 6.59. The van der Waals surface area contributed by atoms with Gasteiger partial charge in [-0.25, -0.2) is 4.79 Å². The maximum absolute atomic E-state index is 12.5. The summed E-state index contributed by atoms with van der Waals surface area (Å²) < 4.78 is -0.819. The molecule has 0 radical (unpaired) electrons. The van der Waals surface area contributed by atoms with E-state index in [-0.39, 0.29) is 5.56 Å². The first-order chi connectivity index (χ1) is 12.5. The smallest absolute Gasteiger partial charge is 0.328 e. The molecular formula is C17H20N2O7S. The lowest BCUT2D eigenvalue weighted by Crippen LogP contribution is -2.55. The number of benzene rings is 1.